The van der Waals surface area contributed by atoms with Crippen LogP contribution in [0.25, 0.3) is 0 Å². The van der Waals surface area contributed by atoms with E-state index in [2.05, 4.69) is 16.3 Å². The molecule has 10 heteroatoms. The number of ether oxygens (including phenoxy) is 1. The largest absolute Gasteiger partial charge is 0.460 e. The molecule has 2 unspecified atom stereocenters. The Bertz CT molecular complexity index is 1160. The van der Waals surface area contributed by atoms with Crippen LogP contribution < -0.4 is 5.32 Å². The number of carbonyl (C=O) groups is 2. The third-order valence-electron chi connectivity index (χ3n) is 8.85. The van der Waals surface area contributed by atoms with Crippen LogP contribution in [0.15, 0.2) is 29.8 Å². The Morgan fingerprint density at radius 3 is 2.43 bits per heavy atom. The van der Waals surface area contributed by atoms with Crippen molar-refractivity contribution in [1.29, 1.82) is 0 Å². The van der Waals surface area contributed by atoms with Crippen LogP contribution in [0, 0.1) is 11.3 Å². The van der Waals surface area contributed by atoms with E-state index in [0.717, 1.165) is 51.4 Å². The zero-order valence-electron chi connectivity index (χ0n) is 25.3. The van der Waals surface area contributed by atoms with Gasteiger partial charge in [0.1, 0.15) is 5.60 Å². The minimum Gasteiger partial charge on any atom is -0.460 e. The second-order valence-corrected chi connectivity index (χ2v) is 13.8. The van der Waals surface area contributed by atoms with Crippen molar-refractivity contribution in [3.8, 4) is 0 Å². The number of hydrogen-bond acceptors (Lipinski definition) is 5. The number of alkyl halides is 3. The van der Waals surface area contributed by atoms with Gasteiger partial charge in [0.2, 0.25) is 5.91 Å². The lowest BCUT2D eigenvalue weighted by Crippen LogP contribution is -2.53. The predicted molar refractivity (Wildman–Crippen MR) is 158 cm³/mol. The molecule has 1 N–H and O–H groups in total. The van der Waals surface area contributed by atoms with Crippen molar-refractivity contribution in [3.05, 3.63) is 46.0 Å². The number of carbonyl (C=O) groups excluding carboxylic acids is 2. The fourth-order valence-electron chi connectivity index (χ4n) is 6.65. The summed E-state index contributed by atoms with van der Waals surface area (Å²) in [7, 11) is 0. The monoisotopic (exact) mass is 611 g/mol. The van der Waals surface area contributed by atoms with Gasteiger partial charge >= 0.3 is 12.1 Å². The fraction of sp³-hybridized carbons (Fsp3) is 0.688. The highest BCUT2D eigenvalue weighted by molar-refractivity contribution is 6.31. The molecule has 4 rings (SSSR count). The molecule has 0 bridgehead atoms. The first-order valence-corrected chi connectivity index (χ1v) is 15.5. The molecule has 1 aliphatic carbocycles. The molecule has 0 saturated carbocycles. The number of nitrogens with one attached hydrogen (secondary N) is 1. The van der Waals surface area contributed by atoms with Gasteiger partial charge in [-0.2, -0.15) is 13.2 Å². The Morgan fingerprint density at radius 1 is 1.10 bits per heavy atom. The second-order valence-electron chi connectivity index (χ2n) is 13.4. The van der Waals surface area contributed by atoms with E-state index >= 15 is 0 Å². The number of nitrogens with zero attached hydrogens (tertiary/aromatic N) is 2. The van der Waals surface area contributed by atoms with Gasteiger partial charge < -0.3 is 10.1 Å². The molecule has 3 aliphatic rings. The van der Waals surface area contributed by atoms with Gasteiger partial charge in [-0.05, 0) is 82.9 Å². The molecule has 2 heterocycles. The lowest BCUT2D eigenvalue weighted by molar-refractivity contribution is -0.161. The summed E-state index contributed by atoms with van der Waals surface area (Å²) in [6.07, 6.45) is 4.13. The Hall–Kier alpha value is -2.10. The van der Waals surface area contributed by atoms with Gasteiger partial charge in [0.05, 0.1) is 17.4 Å². The maximum atomic E-state index is 14.1. The van der Waals surface area contributed by atoms with Gasteiger partial charge in [-0.15, -0.1) is 0 Å². The molecule has 2 atom stereocenters. The van der Waals surface area contributed by atoms with Crippen molar-refractivity contribution in [2.45, 2.75) is 97.0 Å². The summed E-state index contributed by atoms with van der Waals surface area (Å²) in [5.74, 6) is -1.01. The highest BCUT2D eigenvalue weighted by atomic mass is 35.5. The summed E-state index contributed by atoms with van der Waals surface area (Å²) in [5.41, 5.74) is -1.16. The molecule has 1 amide bonds. The number of halogens is 4. The van der Waals surface area contributed by atoms with Crippen molar-refractivity contribution in [3.63, 3.8) is 0 Å². The zero-order valence-corrected chi connectivity index (χ0v) is 26.0. The first-order chi connectivity index (χ1) is 19.7. The number of rotatable bonds is 8. The lowest BCUT2D eigenvalue weighted by atomic mass is 9.75. The van der Waals surface area contributed by atoms with E-state index in [9.17, 15) is 22.8 Å². The molecular weight excluding hydrogens is 567 g/mol. The molecule has 6 nitrogen and oxygen atoms in total. The van der Waals surface area contributed by atoms with Crippen LogP contribution in [-0.2, 0) is 27.0 Å². The molecule has 1 aromatic carbocycles. The average Bonchev–Trinajstić information content (AvgIpc) is 3.20. The second kappa shape index (κ2) is 13.3. The summed E-state index contributed by atoms with van der Waals surface area (Å²) in [6, 6.07) is 3.74. The third kappa shape index (κ3) is 8.29. The lowest BCUT2D eigenvalue weighted by Gasteiger charge is -2.37. The number of esters is 1. The van der Waals surface area contributed by atoms with Crippen LogP contribution in [0.3, 0.4) is 0 Å². The maximum absolute atomic E-state index is 14.1. The molecule has 2 aliphatic heterocycles. The first kappa shape index (κ1) is 32.8. The fourth-order valence-corrected chi connectivity index (χ4v) is 6.89. The maximum Gasteiger partial charge on any atom is 0.416 e. The van der Waals surface area contributed by atoms with E-state index in [1.807, 2.05) is 11.8 Å². The van der Waals surface area contributed by atoms with Gasteiger partial charge in [-0.3, -0.25) is 19.4 Å². The molecular formula is C32H45ClF3N3O3. The number of piperidine rings is 1. The van der Waals surface area contributed by atoms with Crippen molar-refractivity contribution < 1.29 is 27.5 Å². The van der Waals surface area contributed by atoms with E-state index < -0.39 is 28.7 Å². The predicted octanol–water partition coefficient (Wildman–Crippen LogP) is 6.61. The normalized spacial score (nSPS) is 24.9. The number of hydrogen-bond donors (Lipinski definition) is 1. The van der Waals surface area contributed by atoms with Crippen molar-refractivity contribution in [2.75, 3.05) is 32.7 Å². The van der Waals surface area contributed by atoms with Crippen LogP contribution in [0.5, 0.6) is 0 Å². The Labute approximate surface area is 253 Å². The average molecular weight is 612 g/mol. The number of allylic oxidation sites excluding steroid dienone is 1. The summed E-state index contributed by atoms with van der Waals surface area (Å²) >= 11 is 6.26. The molecule has 42 heavy (non-hydrogen) atoms. The number of likely N-dealkylation sites (tertiary alicyclic amines) is 2. The Balaban J connectivity index is 1.48. The molecule has 2 saturated heterocycles. The van der Waals surface area contributed by atoms with Crippen molar-refractivity contribution in [2.24, 2.45) is 11.3 Å². The minimum absolute atomic E-state index is 0.0206. The van der Waals surface area contributed by atoms with Gasteiger partial charge in [-0.25, -0.2) is 0 Å². The van der Waals surface area contributed by atoms with Crippen molar-refractivity contribution >= 4 is 23.5 Å². The van der Waals surface area contributed by atoms with Gasteiger partial charge in [-0.1, -0.05) is 36.2 Å². The molecule has 2 fully saturated rings. The van der Waals surface area contributed by atoms with Crippen LogP contribution in [0.2, 0.25) is 5.02 Å². The van der Waals surface area contributed by atoms with Crippen LogP contribution in [0.4, 0.5) is 13.2 Å². The summed E-state index contributed by atoms with van der Waals surface area (Å²) in [4.78, 5) is 31.4. The minimum atomic E-state index is -4.56. The van der Waals surface area contributed by atoms with Crippen molar-refractivity contribution in [1.82, 2.24) is 15.1 Å². The van der Waals surface area contributed by atoms with E-state index in [4.69, 9.17) is 16.3 Å². The molecule has 1 aromatic rings. The van der Waals surface area contributed by atoms with Crippen LogP contribution >= 0.6 is 11.6 Å². The van der Waals surface area contributed by atoms with E-state index in [0.29, 0.717) is 6.54 Å². The van der Waals surface area contributed by atoms with Gasteiger partial charge in [0.25, 0.3) is 0 Å². The van der Waals surface area contributed by atoms with Crippen LogP contribution in [0.1, 0.15) is 83.8 Å². The third-order valence-corrected chi connectivity index (χ3v) is 9.21. The summed E-state index contributed by atoms with van der Waals surface area (Å²) in [5, 5.41) is 3.27. The number of amides is 1. The number of benzene rings is 1. The van der Waals surface area contributed by atoms with E-state index in [-0.39, 0.29) is 48.0 Å². The SMILES string of the molecule is CC1CN(Cc2c(Cl)cccc2C(F)(F)F)CC1(CC(=O)OC(C)(C)C)C(=O)NC1CCN(CC2=CCCCC2)CC1. The summed E-state index contributed by atoms with van der Waals surface area (Å²) < 4.78 is 47.0. The van der Waals surface area contributed by atoms with Crippen LogP contribution in [-0.4, -0.2) is 66.0 Å². The zero-order chi connectivity index (χ0) is 30.7. The molecule has 0 spiro atoms. The molecule has 234 valence electrons. The van der Waals surface area contributed by atoms with E-state index in [1.165, 1.54) is 30.5 Å². The topological polar surface area (TPSA) is 61.9 Å². The molecule has 0 aromatic heterocycles. The highest BCUT2D eigenvalue weighted by Crippen LogP contribution is 2.43. The quantitative estimate of drug-likeness (QED) is 0.265. The Kier molecular flexibility index (Phi) is 10.4. The van der Waals surface area contributed by atoms with E-state index in [1.54, 1.807) is 20.8 Å². The molecule has 0 radical (unpaired) electrons. The summed E-state index contributed by atoms with van der Waals surface area (Å²) in [6.45, 7) is 10.4. The smallest absolute Gasteiger partial charge is 0.416 e. The standard InChI is InChI=1S/C32H45ClF3N3O3/c1-22-18-39(20-25-26(32(34,35)36)11-8-12-27(25)33)21-31(22,17-28(40)42-30(2,3)4)29(41)37-24-13-15-38(16-14-24)19-23-9-6-5-7-10-23/h8-9,11-12,22,24H,5-7,10,13-21H2,1-4H3,(H,37,41). The van der Waals surface area contributed by atoms with Gasteiger partial charge in [0, 0.05) is 50.3 Å². The first-order valence-electron chi connectivity index (χ1n) is 15.2. The Morgan fingerprint density at radius 2 is 1.81 bits per heavy atom. The highest BCUT2D eigenvalue weighted by Gasteiger charge is 2.52. The van der Waals surface area contributed by atoms with Gasteiger partial charge in [0.15, 0.2) is 0 Å².